The summed E-state index contributed by atoms with van der Waals surface area (Å²) in [6.07, 6.45) is 1.69. The monoisotopic (exact) mass is 683 g/mol. The Bertz CT molecular complexity index is 1380. The van der Waals surface area contributed by atoms with Crippen molar-refractivity contribution in [2.45, 2.75) is 20.5 Å². The van der Waals surface area contributed by atoms with E-state index in [4.69, 9.17) is 37.4 Å². The first-order valence-corrected chi connectivity index (χ1v) is 14.4. The Kier molecular flexibility index (Phi) is 9.86. The van der Waals surface area contributed by atoms with Crippen LogP contribution >= 0.6 is 57.6 Å². The molecule has 1 heterocycles. The summed E-state index contributed by atoms with van der Waals surface area (Å²) in [5, 5.41) is 0.612. The van der Waals surface area contributed by atoms with Crippen LogP contribution in [0, 0.1) is 10.5 Å². The first kappa shape index (κ1) is 28.6. The van der Waals surface area contributed by atoms with Crippen LogP contribution in [0.25, 0.3) is 6.08 Å². The maximum Gasteiger partial charge on any atom is 0.293 e. The second-order valence-electron chi connectivity index (χ2n) is 8.29. The molecule has 0 aliphatic carbocycles. The van der Waals surface area contributed by atoms with Crippen LogP contribution in [0.1, 0.15) is 23.6 Å². The number of hydrogen-bond donors (Lipinski definition) is 0. The number of benzene rings is 3. The molecule has 0 aromatic heterocycles. The third-order valence-electron chi connectivity index (χ3n) is 5.47. The molecule has 0 N–H and O–H groups in total. The summed E-state index contributed by atoms with van der Waals surface area (Å²) < 4.78 is 18.4. The van der Waals surface area contributed by atoms with E-state index < -0.39 is 0 Å². The van der Waals surface area contributed by atoms with Crippen molar-refractivity contribution in [1.29, 1.82) is 0 Å². The van der Waals surface area contributed by atoms with Crippen LogP contribution in [0.3, 0.4) is 0 Å². The predicted octanol–water partition coefficient (Wildman–Crippen LogP) is 8.00. The molecule has 0 unspecified atom stereocenters. The number of rotatable bonds is 10. The lowest BCUT2D eigenvalue weighted by atomic mass is 10.1. The molecule has 1 aliphatic heterocycles. The smallest absolute Gasteiger partial charge is 0.293 e. The SMILES string of the molecule is CCOc1cc(/C=C2\SC(=O)N(CCOc3ccc(C)cc3)C2=O)cc(I)c1OCc1ccc(Cl)c(Cl)c1. The second-order valence-corrected chi connectivity index (χ2v) is 11.3. The Morgan fingerprint density at radius 3 is 2.45 bits per heavy atom. The maximum absolute atomic E-state index is 13.0. The van der Waals surface area contributed by atoms with Crippen molar-refractivity contribution in [2.24, 2.45) is 0 Å². The van der Waals surface area contributed by atoms with Crippen molar-refractivity contribution in [2.75, 3.05) is 19.8 Å². The number of halogens is 3. The Hall–Kier alpha value is -2.40. The van der Waals surface area contributed by atoms with Gasteiger partial charge in [0.05, 0.1) is 31.7 Å². The standard InChI is InChI=1S/C28H24Cl2INO5S/c1-3-35-24-14-19(13-23(31)26(24)37-16-18-6-9-21(29)22(30)12-18)15-25-27(33)32(28(34)38-25)10-11-36-20-7-4-17(2)5-8-20/h4-9,12-15H,3,10-11,16H2,1-2H3/b25-15-. The van der Waals surface area contributed by atoms with E-state index in [1.165, 1.54) is 4.90 Å². The average Bonchev–Trinajstić information content (AvgIpc) is 3.14. The van der Waals surface area contributed by atoms with E-state index in [9.17, 15) is 9.59 Å². The first-order valence-electron chi connectivity index (χ1n) is 11.7. The number of carbonyl (C=O) groups excluding carboxylic acids is 2. The van der Waals surface area contributed by atoms with Crippen molar-refractivity contribution in [3.8, 4) is 17.2 Å². The number of thioether (sulfide) groups is 1. The fourth-order valence-electron chi connectivity index (χ4n) is 3.59. The molecule has 0 spiro atoms. The van der Waals surface area contributed by atoms with Crippen molar-refractivity contribution in [3.63, 3.8) is 0 Å². The Balaban J connectivity index is 1.46. The van der Waals surface area contributed by atoms with Gasteiger partial charge in [0.25, 0.3) is 11.1 Å². The maximum atomic E-state index is 13.0. The van der Waals surface area contributed by atoms with Crippen molar-refractivity contribution < 1.29 is 23.8 Å². The van der Waals surface area contributed by atoms with Gasteiger partial charge in [-0.25, -0.2) is 0 Å². The van der Waals surface area contributed by atoms with Crippen LogP contribution in [0.5, 0.6) is 17.2 Å². The molecule has 3 aromatic carbocycles. The minimum atomic E-state index is -0.347. The van der Waals surface area contributed by atoms with Gasteiger partial charge in [-0.3, -0.25) is 14.5 Å². The van der Waals surface area contributed by atoms with Gasteiger partial charge in [-0.1, -0.05) is 47.0 Å². The Morgan fingerprint density at radius 2 is 1.74 bits per heavy atom. The van der Waals surface area contributed by atoms with Crippen molar-refractivity contribution >= 4 is 74.8 Å². The van der Waals surface area contributed by atoms with Gasteiger partial charge in [0, 0.05) is 0 Å². The van der Waals surface area contributed by atoms with Crippen LogP contribution in [-0.2, 0) is 11.4 Å². The normalized spacial score (nSPS) is 14.3. The zero-order chi connectivity index (χ0) is 27.2. The molecule has 0 atom stereocenters. The van der Waals surface area contributed by atoms with Gasteiger partial charge in [-0.15, -0.1) is 0 Å². The fourth-order valence-corrected chi connectivity index (χ4v) is 5.56. The molecule has 10 heteroatoms. The number of hydrogen-bond acceptors (Lipinski definition) is 6. The van der Waals surface area contributed by atoms with E-state index >= 15 is 0 Å². The van der Waals surface area contributed by atoms with Gasteiger partial charge < -0.3 is 14.2 Å². The minimum Gasteiger partial charge on any atom is -0.492 e. The summed E-state index contributed by atoms with van der Waals surface area (Å²) in [4.78, 5) is 27.0. The molecule has 4 rings (SSSR count). The third-order valence-corrected chi connectivity index (χ3v) is 7.92. The zero-order valence-corrected chi connectivity index (χ0v) is 25.1. The van der Waals surface area contributed by atoms with Gasteiger partial charge in [-0.05, 0) is 102 Å². The van der Waals surface area contributed by atoms with E-state index in [0.29, 0.717) is 38.8 Å². The number of amides is 2. The summed E-state index contributed by atoms with van der Waals surface area (Å²) >= 11 is 15.2. The molecule has 0 saturated carbocycles. The summed E-state index contributed by atoms with van der Waals surface area (Å²) in [6.45, 7) is 4.96. The van der Waals surface area contributed by atoms with Gasteiger partial charge in [0.1, 0.15) is 19.0 Å². The molecule has 2 amide bonds. The highest BCUT2D eigenvalue weighted by atomic mass is 127. The number of imide groups is 1. The molecular formula is C28H24Cl2INO5S. The lowest BCUT2D eigenvalue weighted by molar-refractivity contribution is -0.123. The molecule has 1 saturated heterocycles. The Morgan fingerprint density at radius 1 is 0.974 bits per heavy atom. The lowest BCUT2D eigenvalue weighted by Crippen LogP contribution is -2.32. The van der Waals surface area contributed by atoms with Crippen molar-refractivity contribution in [1.82, 2.24) is 4.90 Å². The zero-order valence-electron chi connectivity index (χ0n) is 20.6. The molecule has 198 valence electrons. The lowest BCUT2D eigenvalue weighted by Gasteiger charge is -2.15. The van der Waals surface area contributed by atoms with Crippen LogP contribution in [-0.4, -0.2) is 35.8 Å². The first-order chi connectivity index (χ1) is 18.2. The van der Waals surface area contributed by atoms with Crippen LogP contribution in [0.15, 0.2) is 59.5 Å². The minimum absolute atomic E-state index is 0.166. The number of carbonyl (C=O) groups is 2. The summed E-state index contributed by atoms with van der Waals surface area (Å²) in [7, 11) is 0. The predicted molar refractivity (Wildman–Crippen MR) is 160 cm³/mol. The molecule has 38 heavy (non-hydrogen) atoms. The summed E-state index contributed by atoms with van der Waals surface area (Å²) in [5.74, 6) is 1.46. The van der Waals surface area contributed by atoms with E-state index in [1.54, 1.807) is 24.3 Å². The van der Waals surface area contributed by atoms with Gasteiger partial charge in [-0.2, -0.15) is 0 Å². The highest BCUT2D eigenvalue weighted by Gasteiger charge is 2.35. The van der Waals surface area contributed by atoms with Gasteiger partial charge in [0.2, 0.25) is 0 Å². The molecule has 0 bridgehead atoms. The van der Waals surface area contributed by atoms with Crippen molar-refractivity contribution in [3.05, 3.63) is 89.8 Å². The fraction of sp³-hybridized carbons (Fsp3) is 0.214. The molecule has 1 aliphatic rings. The van der Waals surface area contributed by atoms with E-state index in [-0.39, 0.29) is 30.9 Å². The van der Waals surface area contributed by atoms with E-state index in [0.717, 1.165) is 32.0 Å². The second kappa shape index (κ2) is 13.1. The summed E-state index contributed by atoms with van der Waals surface area (Å²) in [6, 6.07) is 16.6. The van der Waals surface area contributed by atoms with E-state index in [1.807, 2.05) is 50.2 Å². The van der Waals surface area contributed by atoms with Crippen LogP contribution in [0.2, 0.25) is 10.0 Å². The molecule has 6 nitrogen and oxygen atoms in total. The summed E-state index contributed by atoms with van der Waals surface area (Å²) in [5.41, 5.74) is 2.71. The number of ether oxygens (including phenoxy) is 3. The quantitative estimate of drug-likeness (QED) is 0.159. The van der Waals surface area contributed by atoms with Crippen LogP contribution < -0.4 is 14.2 Å². The number of nitrogens with zero attached hydrogens (tertiary/aromatic N) is 1. The Labute approximate surface area is 249 Å². The number of aryl methyl sites for hydroxylation is 1. The topological polar surface area (TPSA) is 65.1 Å². The highest BCUT2D eigenvalue weighted by Crippen LogP contribution is 2.38. The molecule has 0 radical (unpaired) electrons. The van der Waals surface area contributed by atoms with E-state index in [2.05, 4.69) is 22.6 Å². The highest BCUT2D eigenvalue weighted by molar-refractivity contribution is 14.1. The molecule has 1 fully saturated rings. The molecule has 3 aromatic rings. The van der Waals surface area contributed by atoms with Crippen LogP contribution in [0.4, 0.5) is 4.79 Å². The third kappa shape index (κ3) is 7.16. The van der Waals surface area contributed by atoms with Gasteiger partial charge in [0.15, 0.2) is 11.5 Å². The van der Waals surface area contributed by atoms with Gasteiger partial charge >= 0.3 is 0 Å². The average molecular weight is 684 g/mol. The molecular weight excluding hydrogens is 660 g/mol. The largest absolute Gasteiger partial charge is 0.492 e.